The van der Waals surface area contributed by atoms with Gasteiger partial charge in [0.05, 0.1) is 18.4 Å². The van der Waals surface area contributed by atoms with Gasteiger partial charge in [0.15, 0.2) is 0 Å². The summed E-state index contributed by atoms with van der Waals surface area (Å²) in [4.78, 5) is 16.8. The molecule has 1 aromatic heterocycles. The van der Waals surface area contributed by atoms with Crippen molar-refractivity contribution in [3.8, 4) is 5.75 Å². The zero-order valence-electron chi connectivity index (χ0n) is 15.7. The first-order valence-electron chi connectivity index (χ1n) is 8.77. The van der Waals surface area contributed by atoms with Gasteiger partial charge in [-0.3, -0.25) is 9.78 Å². The third-order valence-corrected chi connectivity index (χ3v) is 4.40. The molecule has 138 valence electrons. The first kappa shape index (κ1) is 18.5. The Hall–Kier alpha value is -3.34. The summed E-state index contributed by atoms with van der Waals surface area (Å²) in [7, 11) is 1.65. The molecular weight excluding hydrogens is 338 g/mol. The van der Waals surface area contributed by atoms with Gasteiger partial charge in [-0.2, -0.15) is 0 Å². The lowest BCUT2D eigenvalue weighted by atomic mass is 10.1. The van der Waals surface area contributed by atoms with E-state index < -0.39 is 0 Å². The van der Waals surface area contributed by atoms with Crippen molar-refractivity contribution in [3.05, 3.63) is 83.2 Å². The molecule has 0 aliphatic rings. The van der Waals surface area contributed by atoms with Gasteiger partial charge in [0.25, 0.3) is 5.91 Å². The Labute approximate surface area is 159 Å². The lowest BCUT2D eigenvalue weighted by molar-refractivity contribution is 0.102. The van der Waals surface area contributed by atoms with Gasteiger partial charge in [0.2, 0.25) is 0 Å². The third-order valence-electron chi connectivity index (χ3n) is 4.40. The Morgan fingerprint density at radius 1 is 1.04 bits per heavy atom. The second-order valence-electron chi connectivity index (χ2n) is 6.35. The van der Waals surface area contributed by atoms with E-state index in [-0.39, 0.29) is 5.91 Å². The smallest absolute Gasteiger partial charge is 0.257 e. The van der Waals surface area contributed by atoms with Crippen LogP contribution in [0.5, 0.6) is 5.75 Å². The molecule has 0 fully saturated rings. The van der Waals surface area contributed by atoms with E-state index in [1.165, 1.54) is 0 Å². The predicted molar refractivity (Wildman–Crippen MR) is 108 cm³/mol. The van der Waals surface area contributed by atoms with Crippen molar-refractivity contribution >= 4 is 17.3 Å². The number of aryl methyl sites for hydroxylation is 2. The fourth-order valence-corrected chi connectivity index (χ4v) is 2.90. The van der Waals surface area contributed by atoms with Gasteiger partial charge in [0, 0.05) is 30.2 Å². The van der Waals surface area contributed by atoms with Crippen molar-refractivity contribution in [1.82, 2.24) is 4.98 Å². The molecule has 1 heterocycles. The van der Waals surface area contributed by atoms with Crippen molar-refractivity contribution < 1.29 is 9.53 Å². The first-order chi connectivity index (χ1) is 13.1. The molecule has 0 spiro atoms. The highest BCUT2D eigenvalue weighted by atomic mass is 16.5. The number of amides is 1. The van der Waals surface area contributed by atoms with Crippen LogP contribution in [0.3, 0.4) is 0 Å². The predicted octanol–water partition coefficient (Wildman–Crippen LogP) is 4.57. The van der Waals surface area contributed by atoms with Crippen LogP contribution in [0, 0.1) is 13.8 Å². The van der Waals surface area contributed by atoms with Crippen LogP contribution in [0.1, 0.15) is 27.0 Å². The van der Waals surface area contributed by atoms with Crippen LogP contribution in [0.2, 0.25) is 0 Å². The van der Waals surface area contributed by atoms with Crippen LogP contribution in [0.4, 0.5) is 11.4 Å². The third kappa shape index (κ3) is 4.44. The molecule has 0 aliphatic heterocycles. The normalized spacial score (nSPS) is 10.3. The molecule has 3 aromatic rings. The number of nitrogens with zero attached hydrogens (tertiary/aromatic N) is 1. The number of nitrogens with one attached hydrogen (secondary N) is 2. The average Bonchev–Trinajstić information content (AvgIpc) is 2.69. The number of anilines is 2. The maximum Gasteiger partial charge on any atom is 0.257 e. The minimum Gasteiger partial charge on any atom is -0.496 e. The van der Waals surface area contributed by atoms with Crippen molar-refractivity contribution in [2.75, 3.05) is 17.7 Å². The number of hydrogen-bond donors (Lipinski definition) is 2. The number of benzene rings is 2. The fourth-order valence-electron chi connectivity index (χ4n) is 2.90. The molecule has 0 saturated carbocycles. The molecule has 2 N–H and O–H groups in total. The molecule has 1 amide bonds. The summed E-state index contributed by atoms with van der Waals surface area (Å²) in [5.74, 6) is 0.641. The fraction of sp³-hybridized carbons (Fsp3) is 0.182. The molecule has 2 aromatic carbocycles. The number of hydrogen-bond acceptors (Lipinski definition) is 4. The zero-order valence-corrected chi connectivity index (χ0v) is 15.7. The van der Waals surface area contributed by atoms with E-state index in [0.717, 1.165) is 33.8 Å². The van der Waals surface area contributed by atoms with Gasteiger partial charge >= 0.3 is 0 Å². The number of carbonyl (C=O) groups excluding carboxylic acids is 1. The molecule has 0 aliphatic carbocycles. The number of ether oxygens (including phenoxy) is 1. The Kier molecular flexibility index (Phi) is 5.71. The van der Waals surface area contributed by atoms with Crippen LogP contribution < -0.4 is 15.4 Å². The van der Waals surface area contributed by atoms with Crippen molar-refractivity contribution in [3.63, 3.8) is 0 Å². The van der Waals surface area contributed by atoms with Gasteiger partial charge in [-0.1, -0.05) is 36.4 Å². The first-order valence-corrected chi connectivity index (χ1v) is 8.77. The Balaban J connectivity index is 1.72. The molecule has 0 saturated heterocycles. The lowest BCUT2D eigenvalue weighted by Gasteiger charge is -2.13. The minimum atomic E-state index is -0.180. The summed E-state index contributed by atoms with van der Waals surface area (Å²) in [5, 5.41) is 6.28. The second-order valence-corrected chi connectivity index (χ2v) is 6.35. The number of methoxy groups -OCH3 is 1. The van der Waals surface area contributed by atoms with Crippen molar-refractivity contribution in [2.24, 2.45) is 0 Å². The molecule has 5 heteroatoms. The molecule has 5 nitrogen and oxygen atoms in total. The molecule has 0 radical (unpaired) electrons. The van der Waals surface area contributed by atoms with E-state index in [9.17, 15) is 4.79 Å². The van der Waals surface area contributed by atoms with Gasteiger partial charge in [-0.05, 0) is 37.1 Å². The summed E-state index contributed by atoms with van der Waals surface area (Å²) in [6.45, 7) is 4.53. The van der Waals surface area contributed by atoms with E-state index >= 15 is 0 Å². The largest absolute Gasteiger partial charge is 0.496 e. The molecule has 0 unspecified atom stereocenters. The summed E-state index contributed by atoms with van der Waals surface area (Å²) in [6, 6.07) is 15.5. The highest BCUT2D eigenvalue weighted by molar-refractivity contribution is 6.05. The summed E-state index contributed by atoms with van der Waals surface area (Å²) in [5.41, 5.74) is 5.21. The summed E-state index contributed by atoms with van der Waals surface area (Å²) >= 11 is 0. The Bertz CT molecular complexity index is 934. The monoisotopic (exact) mass is 361 g/mol. The Morgan fingerprint density at radius 3 is 2.52 bits per heavy atom. The summed E-state index contributed by atoms with van der Waals surface area (Å²) in [6.07, 6.45) is 3.27. The quantitative estimate of drug-likeness (QED) is 0.675. The number of para-hydroxylation sites is 2. The van der Waals surface area contributed by atoms with E-state index in [2.05, 4.69) is 15.6 Å². The van der Waals surface area contributed by atoms with Gasteiger partial charge < -0.3 is 15.4 Å². The number of carbonyl (C=O) groups is 1. The number of rotatable bonds is 6. The van der Waals surface area contributed by atoms with Gasteiger partial charge in [-0.15, -0.1) is 0 Å². The molecule has 3 rings (SSSR count). The van der Waals surface area contributed by atoms with Crippen LogP contribution in [-0.2, 0) is 6.54 Å². The second kappa shape index (κ2) is 8.36. The van der Waals surface area contributed by atoms with Gasteiger partial charge in [0.1, 0.15) is 5.75 Å². The van der Waals surface area contributed by atoms with Crippen LogP contribution >= 0.6 is 0 Å². The maximum atomic E-state index is 12.6. The lowest BCUT2D eigenvalue weighted by Crippen LogP contribution is -2.14. The molecule has 0 atom stereocenters. The Morgan fingerprint density at radius 2 is 1.78 bits per heavy atom. The van der Waals surface area contributed by atoms with Crippen LogP contribution in [0.15, 0.2) is 60.9 Å². The highest BCUT2D eigenvalue weighted by Crippen LogP contribution is 2.22. The van der Waals surface area contributed by atoms with Crippen molar-refractivity contribution in [2.45, 2.75) is 20.4 Å². The van der Waals surface area contributed by atoms with Crippen molar-refractivity contribution in [1.29, 1.82) is 0 Å². The van der Waals surface area contributed by atoms with Crippen LogP contribution in [0.25, 0.3) is 0 Å². The molecule has 27 heavy (non-hydrogen) atoms. The topological polar surface area (TPSA) is 63.2 Å². The minimum absolute atomic E-state index is 0.180. The summed E-state index contributed by atoms with van der Waals surface area (Å²) < 4.78 is 5.36. The van der Waals surface area contributed by atoms with Gasteiger partial charge in [-0.25, -0.2) is 0 Å². The zero-order chi connectivity index (χ0) is 19.2. The van der Waals surface area contributed by atoms with E-state index in [4.69, 9.17) is 4.74 Å². The molecular formula is C22H23N3O2. The number of aromatic nitrogens is 1. The highest BCUT2D eigenvalue weighted by Gasteiger charge is 2.11. The SMILES string of the molecule is COc1ccccc1CNc1cncc(C(=O)Nc2c(C)cccc2C)c1. The number of pyridine rings is 1. The molecule has 0 bridgehead atoms. The average molecular weight is 361 g/mol. The van der Waals surface area contributed by atoms with E-state index in [1.807, 2.05) is 56.3 Å². The van der Waals surface area contributed by atoms with E-state index in [1.54, 1.807) is 25.6 Å². The van der Waals surface area contributed by atoms with Crippen LogP contribution in [-0.4, -0.2) is 18.0 Å². The maximum absolute atomic E-state index is 12.6. The van der Waals surface area contributed by atoms with E-state index in [0.29, 0.717) is 12.1 Å². The standard InChI is InChI=1S/C22H23N3O2/c1-15-7-6-8-16(2)21(15)25-22(26)18-11-19(14-23-12-18)24-13-17-9-4-5-10-20(17)27-3/h4-12,14,24H,13H2,1-3H3,(H,25,26).